The number of para-hydroxylation sites is 1. The van der Waals surface area contributed by atoms with Crippen LogP contribution in [0.25, 0.3) is 21.6 Å². The number of anilines is 2. The molecule has 3 heterocycles. The zero-order valence-corrected chi connectivity index (χ0v) is 21.5. The molecule has 2 aromatic heterocycles. The van der Waals surface area contributed by atoms with Gasteiger partial charge in [-0.05, 0) is 31.5 Å². The van der Waals surface area contributed by atoms with Gasteiger partial charge >= 0.3 is 13.7 Å². The van der Waals surface area contributed by atoms with Gasteiger partial charge in [0.2, 0.25) is 5.95 Å². The van der Waals surface area contributed by atoms with Gasteiger partial charge in [-0.25, -0.2) is 9.55 Å². The van der Waals surface area contributed by atoms with Crippen molar-refractivity contribution in [3.05, 3.63) is 47.1 Å². The average molecular weight is 546 g/mol. The highest BCUT2D eigenvalue weighted by molar-refractivity contribution is 7.52. The van der Waals surface area contributed by atoms with Crippen LogP contribution in [0.3, 0.4) is 0 Å². The van der Waals surface area contributed by atoms with Gasteiger partial charge in [-0.3, -0.25) is 13.9 Å². The molecule has 1 unspecified atom stereocenters. The molecule has 0 saturated carbocycles. The third kappa shape index (κ3) is 6.13. The summed E-state index contributed by atoms with van der Waals surface area (Å²) in [5.74, 6) is -0.320. The molecule has 0 amide bonds. The van der Waals surface area contributed by atoms with E-state index in [1.807, 2.05) is 0 Å². The minimum absolute atomic E-state index is 0.0398. The first kappa shape index (κ1) is 27.1. The summed E-state index contributed by atoms with van der Waals surface area (Å²) in [5, 5.41) is 6.40. The highest BCUT2D eigenvalue weighted by atomic mass is 31.2. The van der Waals surface area contributed by atoms with Gasteiger partial charge in [-0.2, -0.15) is 15.1 Å². The summed E-state index contributed by atoms with van der Waals surface area (Å²) >= 11 is 0. The Morgan fingerprint density at radius 1 is 1.37 bits per heavy atom. The Bertz CT molecular complexity index is 1380. The first-order valence-electron chi connectivity index (χ1n) is 11.6. The number of aromatic nitrogens is 4. The number of imidazole rings is 1. The number of nitrogens with one attached hydrogen (secondary N) is 1. The number of azide groups is 1. The van der Waals surface area contributed by atoms with Crippen molar-refractivity contribution in [1.29, 1.82) is 0 Å². The Hall–Kier alpha value is -3.94. The van der Waals surface area contributed by atoms with Gasteiger partial charge < -0.3 is 25.5 Å². The number of hydrogen-bond acceptors (Lipinski definition) is 12. The van der Waals surface area contributed by atoms with E-state index in [1.54, 1.807) is 41.8 Å². The minimum Gasteiger partial charge on any atom is -0.465 e. The van der Waals surface area contributed by atoms with Crippen LogP contribution in [-0.2, 0) is 23.4 Å². The number of esters is 1. The molecule has 0 radical (unpaired) electrons. The summed E-state index contributed by atoms with van der Waals surface area (Å²) in [5.41, 5.74) is 21.4. The fourth-order valence-corrected chi connectivity index (χ4v) is 5.33. The van der Waals surface area contributed by atoms with E-state index in [1.165, 1.54) is 13.3 Å². The van der Waals surface area contributed by atoms with E-state index in [9.17, 15) is 9.36 Å². The van der Waals surface area contributed by atoms with Crippen molar-refractivity contribution in [2.45, 2.75) is 44.7 Å². The number of carbonyl (C=O) groups excluding carboxylic acids is 1. The number of nitrogens with two attached hydrogens (primary N) is 2. The maximum Gasteiger partial charge on any atom is 0.459 e. The van der Waals surface area contributed by atoms with Gasteiger partial charge in [0.25, 0.3) is 0 Å². The minimum atomic E-state index is -4.14. The zero-order chi connectivity index (χ0) is 27.3. The highest BCUT2D eigenvalue weighted by Crippen LogP contribution is 2.46. The Morgan fingerprint density at radius 2 is 2.13 bits per heavy atom. The smallest absolute Gasteiger partial charge is 0.459 e. The molecule has 5 atom stereocenters. The molecular weight excluding hydrogens is 519 g/mol. The average Bonchev–Trinajstić information content (AvgIpc) is 3.48. The van der Waals surface area contributed by atoms with Crippen LogP contribution in [0.4, 0.5) is 11.8 Å². The molecule has 16 nitrogen and oxygen atoms in total. The number of rotatable bonds is 11. The fourth-order valence-electron chi connectivity index (χ4n) is 3.83. The predicted octanol–water partition coefficient (Wildman–Crippen LogP) is 2.70. The number of ether oxygens (including phenoxy) is 2. The molecule has 0 spiro atoms. The van der Waals surface area contributed by atoms with Gasteiger partial charge in [0.1, 0.15) is 23.5 Å². The first-order valence-corrected chi connectivity index (χ1v) is 13.2. The molecule has 3 aromatic rings. The molecule has 5 N–H and O–H groups in total. The number of hydrogen-bond donors (Lipinski definition) is 3. The van der Waals surface area contributed by atoms with Gasteiger partial charge in [-0.15, -0.1) is 0 Å². The van der Waals surface area contributed by atoms with E-state index < -0.39 is 38.1 Å². The largest absolute Gasteiger partial charge is 0.465 e. The van der Waals surface area contributed by atoms with Gasteiger partial charge in [0.15, 0.2) is 11.5 Å². The maximum atomic E-state index is 13.7. The van der Waals surface area contributed by atoms with Crippen LogP contribution >= 0.6 is 7.75 Å². The van der Waals surface area contributed by atoms with Crippen LogP contribution in [0.2, 0.25) is 0 Å². The van der Waals surface area contributed by atoms with E-state index >= 15 is 0 Å². The molecule has 38 heavy (non-hydrogen) atoms. The molecule has 1 aromatic carbocycles. The summed E-state index contributed by atoms with van der Waals surface area (Å²) in [4.78, 5) is 27.4. The molecule has 17 heteroatoms. The molecule has 4 rings (SSSR count). The lowest BCUT2D eigenvalue weighted by Crippen LogP contribution is -2.36. The second-order valence-corrected chi connectivity index (χ2v) is 9.92. The third-order valence-corrected chi connectivity index (χ3v) is 7.19. The fraction of sp³-hybridized carbons (Fsp3) is 0.429. The van der Waals surface area contributed by atoms with Gasteiger partial charge in [0, 0.05) is 11.3 Å². The van der Waals surface area contributed by atoms with Crippen molar-refractivity contribution in [2.75, 3.05) is 24.7 Å². The molecule has 1 aliphatic rings. The normalized spacial score (nSPS) is 21.4. The summed E-state index contributed by atoms with van der Waals surface area (Å²) < 4.78 is 37.7. The van der Waals surface area contributed by atoms with Crippen molar-refractivity contribution in [3.63, 3.8) is 0 Å². The summed E-state index contributed by atoms with van der Waals surface area (Å²) in [6.07, 6.45) is 0.169. The van der Waals surface area contributed by atoms with Crippen molar-refractivity contribution in [1.82, 2.24) is 24.6 Å². The lowest BCUT2D eigenvalue weighted by molar-refractivity contribution is -0.144. The van der Waals surface area contributed by atoms with Crippen LogP contribution in [0.15, 0.2) is 41.8 Å². The number of nitrogens with zero attached hydrogens (tertiary/aromatic N) is 7. The Morgan fingerprint density at radius 3 is 2.84 bits per heavy atom. The van der Waals surface area contributed by atoms with Crippen LogP contribution in [0.1, 0.15) is 26.5 Å². The van der Waals surface area contributed by atoms with Crippen LogP contribution in [-0.4, -0.2) is 56.9 Å². The molecule has 1 aliphatic heterocycles. The SMILES string of the molecule is CCOC(=O)[C@H](C)NP(=O)(OC[C@@H]1O[C@H](n2cnc3c(N)nc(N)nc32)C[C@H]1N=[N+]=[N-])Oc1ccccc1. The maximum absolute atomic E-state index is 13.7. The molecular formula is C21H27N10O6P. The van der Waals surface area contributed by atoms with Gasteiger partial charge in [-0.1, -0.05) is 23.3 Å². The predicted molar refractivity (Wildman–Crippen MR) is 135 cm³/mol. The topological polar surface area (TPSA) is 227 Å². The van der Waals surface area contributed by atoms with Crippen LogP contribution < -0.4 is 21.1 Å². The molecule has 1 fully saturated rings. The lowest BCUT2D eigenvalue weighted by atomic mass is 10.1. The second kappa shape index (κ2) is 11.6. The van der Waals surface area contributed by atoms with E-state index in [-0.39, 0.29) is 37.2 Å². The zero-order valence-electron chi connectivity index (χ0n) is 20.6. The first-order chi connectivity index (χ1) is 18.2. The Labute approximate surface area is 216 Å². The summed E-state index contributed by atoms with van der Waals surface area (Å²) in [6.45, 7) is 2.96. The van der Waals surface area contributed by atoms with E-state index in [2.05, 4.69) is 30.1 Å². The monoisotopic (exact) mass is 546 g/mol. The number of nitrogen functional groups attached to an aromatic ring is 2. The summed E-state index contributed by atoms with van der Waals surface area (Å²) in [6, 6.07) is 6.59. The number of carbonyl (C=O) groups is 1. The third-order valence-electron chi connectivity index (χ3n) is 5.55. The molecule has 1 saturated heterocycles. The summed E-state index contributed by atoms with van der Waals surface area (Å²) in [7, 11) is -4.14. The van der Waals surface area contributed by atoms with Crippen molar-refractivity contribution in [3.8, 4) is 5.75 Å². The van der Waals surface area contributed by atoms with Crippen LogP contribution in [0.5, 0.6) is 5.75 Å². The van der Waals surface area contributed by atoms with Crippen molar-refractivity contribution >= 4 is 36.6 Å². The van der Waals surface area contributed by atoms with Crippen molar-refractivity contribution in [2.24, 2.45) is 5.11 Å². The van der Waals surface area contributed by atoms with E-state index in [0.717, 1.165) is 0 Å². The molecule has 0 aliphatic carbocycles. The highest BCUT2D eigenvalue weighted by Gasteiger charge is 2.40. The number of benzene rings is 1. The lowest BCUT2D eigenvalue weighted by Gasteiger charge is -2.24. The molecule has 202 valence electrons. The van der Waals surface area contributed by atoms with E-state index in [4.69, 9.17) is 35.5 Å². The quantitative estimate of drug-likeness (QED) is 0.104. The van der Waals surface area contributed by atoms with Crippen molar-refractivity contribution < 1.29 is 27.9 Å². The van der Waals surface area contributed by atoms with E-state index in [0.29, 0.717) is 11.2 Å². The second-order valence-electron chi connectivity index (χ2n) is 8.23. The molecule has 0 bridgehead atoms. The Balaban J connectivity index is 1.54. The Kier molecular flexibility index (Phi) is 8.29. The van der Waals surface area contributed by atoms with Gasteiger partial charge in [0.05, 0.1) is 31.7 Å². The van der Waals surface area contributed by atoms with Crippen LogP contribution in [0, 0.1) is 0 Å². The standard InChI is InChI=1S/C21H27N10O6P/c1-3-34-20(32)12(2)29-38(33,37-13-7-5-4-6-8-13)35-10-15-14(28-30-24)9-16(36-15)31-11-25-17-18(22)26-21(23)27-19(17)31/h4-8,11-12,14-16H,3,9-10H2,1-2H3,(H,29,33)(H4,22,23,26,27)/t12-,14+,15-,16-,38?/m0/s1. The number of fused-ring (bicyclic) bond motifs is 1.